The largest absolute Gasteiger partial charge is 0.379 e. The predicted octanol–water partition coefficient (Wildman–Crippen LogP) is 3.83. The second-order valence-electron chi connectivity index (χ2n) is 7.13. The fourth-order valence-electron chi connectivity index (χ4n) is 3.75. The molecule has 1 atom stereocenters. The molecule has 0 bridgehead atoms. The van der Waals surface area contributed by atoms with Crippen molar-refractivity contribution in [3.8, 4) is 0 Å². The van der Waals surface area contributed by atoms with E-state index in [-0.39, 0.29) is 29.5 Å². The first-order valence-corrected chi connectivity index (χ1v) is 11.2. The molecule has 9 heteroatoms. The van der Waals surface area contributed by atoms with E-state index >= 15 is 0 Å². The van der Waals surface area contributed by atoms with Gasteiger partial charge in [-0.15, -0.1) is 24.0 Å². The van der Waals surface area contributed by atoms with Crippen molar-refractivity contribution >= 4 is 64.9 Å². The van der Waals surface area contributed by atoms with Crippen LogP contribution in [0.25, 0.3) is 0 Å². The highest BCUT2D eigenvalue weighted by atomic mass is 127. The number of thioether (sulfide) groups is 1. The van der Waals surface area contributed by atoms with E-state index in [2.05, 4.69) is 20.1 Å². The molecule has 0 spiro atoms. The topological polar surface area (TPSA) is 40.1 Å². The molecule has 2 aliphatic heterocycles. The highest BCUT2D eigenvalue weighted by Crippen LogP contribution is 2.33. The number of hydrogen-bond acceptors (Lipinski definition) is 4. The SMILES string of the molecule is CN=C(NCC1(N2CCOCC2)CCSC1)N(C)Cc1ccc(Cl)c(Cl)c1.I. The van der Waals surface area contributed by atoms with E-state index in [1.165, 1.54) is 12.2 Å². The molecule has 2 fully saturated rings. The molecule has 3 rings (SSSR count). The molecular formula is C19H29Cl2IN4OS. The Bertz CT molecular complexity index is 667. The van der Waals surface area contributed by atoms with E-state index in [0.29, 0.717) is 10.0 Å². The maximum Gasteiger partial charge on any atom is 0.193 e. The number of halogens is 3. The summed E-state index contributed by atoms with van der Waals surface area (Å²) in [5.41, 5.74) is 1.30. The second-order valence-corrected chi connectivity index (χ2v) is 9.05. The van der Waals surface area contributed by atoms with Gasteiger partial charge < -0.3 is 15.0 Å². The van der Waals surface area contributed by atoms with E-state index in [9.17, 15) is 0 Å². The molecule has 1 N–H and O–H groups in total. The molecule has 5 nitrogen and oxygen atoms in total. The number of nitrogens with one attached hydrogen (secondary N) is 1. The highest BCUT2D eigenvalue weighted by Gasteiger charge is 2.40. The number of guanidine groups is 1. The summed E-state index contributed by atoms with van der Waals surface area (Å²) in [6, 6.07) is 5.75. The number of morpholine rings is 1. The van der Waals surface area contributed by atoms with Crippen LogP contribution in [0.2, 0.25) is 10.0 Å². The van der Waals surface area contributed by atoms with Crippen LogP contribution < -0.4 is 5.32 Å². The quantitative estimate of drug-likeness (QED) is 0.338. The van der Waals surface area contributed by atoms with Gasteiger partial charge in [-0.2, -0.15) is 11.8 Å². The zero-order valence-electron chi connectivity index (χ0n) is 16.4. The van der Waals surface area contributed by atoms with Crippen LogP contribution in [-0.2, 0) is 11.3 Å². The van der Waals surface area contributed by atoms with Gasteiger partial charge in [0.25, 0.3) is 0 Å². The molecule has 0 radical (unpaired) electrons. The molecule has 2 saturated heterocycles. The third-order valence-corrected chi connectivity index (χ3v) is 7.29. The van der Waals surface area contributed by atoms with Crippen LogP contribution in [0.4, 0.5) is 0 Å². The Morgan fingerprint density at radius 3 is 2.68 bits per heavy atom. The van der Waals surface area contributed by atoms with Crippen molar-refractivity contribution in [3.63, 3.8) is 0 Å². The fraction of sp³-hybridized carbons (Fsp3) is 0.632. The summed E-state index contributed by atoms with van der Waals surface area (Å²) in [5.74, 6) is 3.27. The standard InChI is InChI=1S/C19H28Cl2N4OS.HI/c1-22-18(24(2)12-15-3-4-16(20)17(21)11-15)23-13-19(5-10-27-14-19)25-6-8-26-9-7-25;/h3-4,11H,5-10,12-14H2,1-2H3,(H,22,23);1H. The number of nitrogens with zero attached hydrogens (tertiary/aromatic N) is 3. The molecule has 28 heavy (non-hydrogen) atoms. The number of benzene rings is 1. The first-order valence-electron chi connectivity index (χ1n) is 9.30. The normalized spacial score (nSPS) is 23.4. The minimum absolute atomic E-state index is 0. The molecular weight excluding hydrogens is 530 g/mol. The molecule has 0 saturated carbocycles. The van der Waals surface area contributed by atoms with Crippen LogP contribution in [0, 0.1) is 0 Å². The Morgan fingerprint density at radius 1 is 1.32 bits per heavy atom. The third kappa shape index (κ3) is 6.04. The zero-order valence-corrected chi connectivity index (χ0v) is 21.1. The summed E-state index contributed by atoms with van der Waals surface area (Å²) in [6.45, 7) is 5.31. The van der Waals surface area contributed by atoms with Crippen molar-refractivity contribution in [2.75, 3.05) is 58.4 Å². The van der Waals surface area contributed by atoms with Gasteiger partial charge in [-0.05, 0) is 29.9 Å². The lowest BCUT2D eigenvalue weighted by Gasteiger charge is -2.43. The Hall–Kier alpha value is 0.0700. The molecule has 0 aromatic heterocycles. The van der Waals surface area contributed by atoms with Crippen LogP contribution in [0.3, 0.4) is 0 Å². The van der Waals surface area contributed by atoms with Crippen molar-refractivity contribution in [3.05, 3.63) is 33.8 Å². The Kier molecular flexibility index (Phi) is 9.96. The third-order valence-electron chi connectivity index (χ3n) is 5.32. The van der Waals surface area contributed by atoms with Crippen LogP contribution in [0.5, 0.6) is 0 Å². The van der Waals surface area contributed by atoms with Crippen molar-refractivity contribution in [2.24, 2.45) is 4.99 Å². The van der Waals surface area contributed by atoms with Gasteiger partial charge in [0, 0.05) is 51.6 Å². The first-order chi connectivity index (χ1) is 13.0. The van der Waals surface area contributed by atoms with Gasteiger partial charge in [-0.1, -0.05) is 29.3 Å². The highest BCUT2D eigenvalue weighted by molar-refractivity contribution is 14.0. The smallest absolute Gasteiger partial charge is 0.193 e. The molecule has 2 heterocycles. The van der Waals surface area contributed by atoms with E-state index in [1.807, 2.05) is 44.1 Å². The van der Waals surface area contributed by atoms with Crippen LogP contribution >= 0.6 is 58.9 Å². The summed E-state index contributed by atoms with van der Waals surface area (Å²) in [6.07, 6.45) is 1.21. The minimum Gasteiger partial charge on any atom is -0.379 e. The molecule has 0 amide bonds. The lowest BCUT2D eigenvalue weighted by atomic mass is 9.95. The number of rotatable bonds is 5. The average molecular weight is 559 g/mol. The van der Waals surface area contributed by atoms with Gasteiger partial charge in [-0.25, -0.2) is 0 Å². The maximum absolute atomic E-state index is 6.15. The van der Waals surface area contributed by atoms with E-state index < -0.39 is 0 Å². The van der Waals surface area contributed by atoms with Gasteiger partial charge in [-0.3, -0.25) is 9.89 Å². The summed E-state index contributed by atoms with van der Waals surface area (Å²) < 4.78 is 5.55. The van der Waals surface area contributed by atoms with Crippen molar-refractivity contribution < 1.29 is 4.74 Å². The second kappa shape index (κ2) is 11.5. The van der Waals surface area contributed by atoms with Crippen LogP contribution in [0.15, 0.2) is 23.2 Å². The molecule has 0 aliphatic carbocycles. The lowest BCUT2D eigenvalue weighted by Crippen LogP contribution is -2.60. The predicted molar refractivity (Wildman–Crippen MR) is 132 cm³/mol. The molecule has 158 valence electrons. The van der Waals surface area contributed by atoms with Gasteiger partial charge in [0.15, 0.2) is 5.96 Å². The van der Waals surface area contributed by atoms with Crippen molar-refractivity contribution in [1.29, 1.82) is 0 Å². The fourth-order valence-corrected chi connectivity index (χ4v) is 5.55. The monoisotopic (exact) mass is 558 g/mol. The molecule has 1 aromatic rings. The van der Waals surface area contributed by atoms with E-state index in [0.717, 1.165) is 56.7 Å². The van der Waals surface area contributed by atoms with Gasteiger partial charge in [0.2, 0.25) is 0 Å². The Balaban J connectivity index is 0.00000280. The summed E-state index contributed by atoms with van der Waals surface area (Å²) in [4.78, 5) is 9.21. The molecule has 1 unspecified atom stereocenters. The van der Waals surface area contributed by atoms with Gasteiger partial charge >= 0.3 is 0 Å². The maximum atomic E-state index is 6.15. The molecule has 2 aliphatic rings. The number of hydrogen-bond donors (Lipinski definition) is 1. The minimum atomic E-state index is 0. The van der Waals surface area contributed by atoms with E-state index in [4.69, 9.17) is 27.9 Å². The van der Waals surface area contributed by atoms with Gasteiger partial charge in [0.1, 0.15) is 0 Å². The molecule has 1 aromatic carbocycles. The van der Waals surface area contributed by atoms with Gasteiger partial charge in [0.05, 0.1) is 23.3 Å². The zero-order chi connectivity index (χ0) is 19.3. The summed E-state index contributed by atoms with van der Waals surface area (Å²) in [7, 11) is 3.88. The van der Waals surface area contributed by atoms with E-state index in [1.54, 1.807) is 0 Å². The van der Waals surface area contributed by atoms with Crippen molar-refractivity contribution in [1.82, 2.24) is 15.1 Å². The summed E-state index contributed by atoms with van der Waals surface area (Å²) >= 11 is 14.2. The lowest BCUT2D eigenvalue weighted by molar-refractivity contribution is -0.0121. The summed E-state index contributed by atoms with van der Waals surface area (Å²) in [5, 5.41) is 4.78. The average Bonchev–Trinajstić information content (AvgIpc) is 3.16. The first kappa shape index (κ1) is 24.3. The number of ether oxygens (including phenoxy) is 1. The number of aliphatic imine (C=N–C) groups is 1. The van der Waals surface area contributed by atoms with Crippen molar-refractivity contribution in [2.45, 2.75) is 18.5 Å². The van der Waals surface area contributed by atoms with Crippen LogP contribution in [0.1, 0.15) is 12.0 Å². The Morgan fingerprint density at radius 2 is 2.07 bits per heavy atom. The van der Waals surface area contributed by atoms with Crippen LogP contribution in [-0.4, -0.2) is 79.7 Å². The Labute approximate surface area is 199 Å².